The highest BCUT2D eigenvalue weighted by Crippen LogP contribution is 2.25. The van der Waals surface area contributed by atoms with Gasteiger partial charge in [0.15, 0.2) is 0 Å². The fourth-order valence-electron chi connectivity index (χ4n) is 1.72. The maximum Gasteiger partial charge on any atom is 0.0351 e. The molecule has 0 rings (SSSR count). The van der Waals surface area contributed by atoms with Gasteiger partial charge in [-0.2, -0.15) is 0 Å². The van der Waals surface area contributed by atoms with Crippen LogP contribution in [-0.4, -0.2) is 11.6 Å². The summed E-state index contributed by atoms with van der Waals surface area (Å²) in [5.41, 5.74) is 11.8. The Morgan fingerprint density at radius 3 is 1.18 bits per heavy atom. The molecule has 0 aromatic carbocycles. The van der Waals surface area contributed by atoms with Crippen LogP contribution in [-0.2, 0) is 0 Å². The van der Waals surface area contributed by atoms with E-state index in [9.17, 15) is 0 Å². The summed E-state index contributed by atoms with van der Waals surface area (Å²) in [6.07, 6.45) is 0. The third-order valence-electron chi connectivity index (χ3n) is 2.79. The molecule has 2 heteroatoms. The third kappa shape index (κ3) is 1.94. The molecular formula is C9H22N2. The highest BCUT2D eigenvalue weighted by atomic mass is 14.9. The monoisotopic (exact) mass is 158 g/mol. The molecule has 4 N–H and O–H groups in total. The average molecular weight is 158 g/mol. The molecular weight excluding hydrogens is 136 g/mol. The second kappa shape index (κ2) is 3.55. The van der Waals surface area contributed by atoms with E-state index >= 15 is 0 Å². The molecule has 0 heterocycles. The first-order valence-electron chi connectivity index (χ1n) is 4.37. The number of hydrogen-bond acceptors (Lipinski definition) is 2. The fraction of sp³-hybridized carbons (Fsp3) is 1.00. The number of nitrogens with two attached hydrogens (primary N) is 2. The minimum absolute atomic E-state index is 0.0579. The number of rotatable bonds is 3. The van der Waals surface area contributed by atoms with E-state index in [2.05, 4.69) is 27.7 Å². The molecule has 0 amide bonds. The lowest BCUT2D eigenvalue weighted by Crippen LogP contribution is -2.61. The molecule has 0 radical (unpaired) electrons. The molecule has 0 aliphatic heterocycles. The Bertz CT molecular complexity index is 95.0. The van der Waals surface area contributed by atoms with Crippen molar-refractivity contribution in [1.29, 1.82) is 0 Å². The zero-order valence-electron chi connectivity index (χ0n) is 8.39. The minimum atomic E-state index is -0.222. The molecule has 0 saturated carbocycles. The van der Waals surface area contributed by atoms with Crippen molar-refractivity contribution in [3.05, 3.63) is 0 Å². The van der Waals surface area contributed by atoms with Gasteiger partial charge >= 0.3 is 0 Å². The Hall–Kier alpha value is -0.0800. The van der Waals surface area contributed by atoms with E-state index < -0.39 is 0 Å². The predicted octanol–water partition coefficient (Wildman–Crippen LogP) is 1.34. The van der Waals surface area contributed by atoms with Crippen molar-refractivity contribution in [3.63, 3.8) is 0 Å². The summed E-state index contributed by atoms with van der Waals surface area (Å²) in [5, 5.41) is 0. The predicted molar refractivity (Wildman–Crippen MR) is 50.2 cm³/mol. The van der Waals surface area contributed by atoms with Gasteiger partial charge in [0.2, 0.25) is 0 Å². The van der Waals surface area contributed by atoms with Crippen molar-refractivity contribution in [1.82, 2.24) is 0 Å². The van der Waals surface area contributed by atoms with E-state index in [0.717, 1.165) is 0 Å². The molecule has 1 unspecified atom stereocenters. The van der Waals surface area contributed by atoms with E-state index in [1.165, 1.54) is 0 Å². The van der Waals surface area contributed by atoms with Crippen LogP contribution in [0.3, 0.4) is 0 Å². The molecule has 0 fully saturated rings. The Balaban J connectivity index is 4.53. The van der Waals surface area contributed by atoms with Crippen molar-refractivity contribution < 1.29 is 0 Å². The highest BCUT2D eigenvalue weighted by molar-refractivity contribution is 4.96. The van der Waals surface area contributed by atoms with E-state index in [4.69, 9.17) is 11.5 Å². The maximum atomic E-state index is 6.20. The van der Waals surface area contributed by atoms with Gasteiger partial charge in [0.05, 0.1) is 0 Å². The van der Waals surface area contributed by atoms with Crippen molar-refractivity contribution in [3.8, 4) is 0 Å². The fourth-order valence-corrected chi connectivity index (χ4v) is 1.72. The first-order chi connectivity index (χ1) is 4.83. The topological polar surface area (TPSA) is 52.0 Å². The van der Waals surface area contributed by atoms with Crippen LogP contribution < -0.4 is 11.5 Å². The van der Waals surface area contributed by atoms with E-state index in [1.54, 1.807) is 0 Å². The van der Waals surface area contributed by atoms with Gasteiger partial charge in [0.25, 0.3) is 0 Å². The number of hydrogen-bond donors (Lipinski definition) is 2. The first kappa shape index (κ1) is 10.9. The lowest BCUT2D eigenvalue weighted by atomic mass is 9.73. The lowest BCUT2D eigenvalue weighted by Gasteiger charge is -2.41. The Kier molecular flexibility index (Phi) is 3.52. The minimum Gasteiger partial charge on any atom is -0.326 e. The van der Waals surface area contributed by atoms with Gasteiger partial charge in [-0.15, -0.1) is 0 Å². The van der Waals surface area contributed by atoms with Crippen LogP contribution >= 0.6 is 0 Å². The quantitative estimate of drug-likeness (QED) is 0.651. The molecule has 0 spiro atoms. The van der Waals surface area contributed by atoms with Crippen molar-refractivity contribution in [2.45, 2.75) is 46.2 Å². The average Bonchev–Trinajstić information content (AvgIpc) is 1.84. The van der Waals surface area contributed by atoms with Gasteiger partial charge in [-0.25, -0.2) is 0 Å². The second-order valence-corrected chi connectivity index (χ2v) is 4.10. The Labute approximate surface area is 70.3 Å². The molecule has 1 atom stereocenters. The Morgan fingerprint density at radius 1 is 0.909 bits per heavy atom. The first-order valence-corrected chi connectivity index (χ1v) is 4.37. The summed E-state index contributed by atoms with van der Waals surface area (Å²) in [7, 11) is 0. The zero-order valence-corrected chi connectivity index (χ0v) is 8.39. The van der Waals surface area contributed by atoms with Gasteiger partial charge in [-0.05, 0) is 18.8 Å². The van der Waals surface area contributed by atoms with Crippen molar-refractivity contribution >= 4 is 0 Å². The smallest absolute Gasteiger partial charge is 0.0351 e. The van der Waals surface area contributed by atoms with E-state index in [0.29, 0.717) is 11.8 Å². The van der Waals surface area contributed by atoms with Gasteiger partial charge in [-0.1, -0.05) is 27.7 Å². The summed E-state index contributed by atoms with van der Waals surface area (Å²) in [5.74, 6) is 0.866. The van der Waals surface area contributed by atoms with E-state index in [-0.39, 0.29) is 11.6 Å². The van der Waals surface area contributed by atoms with Crippen molar-refractivity contribution in [2.75, 3.05) is 0 Å². The molecule has 11 heavy (non-hydrogen) atoms. The Morgan fingerprint density at radius 2 is 1.18 bits per heavy atom. The summed E-state index contributed by atoms with van der Waals surface area (Å²) in [6, 6.07) is 0.0579. The van der Waals surface area contributed by atoms with Crippen LogP contribution in [0.5, 0.6) is 0 Å². The van der Waals surface area contributed by atoms with Crippen molar-refractivity contribution in [2.24, 2.45) is 23.3 Å². The third-order valence-corrected chi connectivity index (χ3v) is 2.79. The molecule has 0 saturated heterocycles. The lowest BCUT2D eigenvalue weighted by molar-refractivity contribution is 0.189. The molecule has 68 valence electrons. The van der Waals surface area contributed by atoms with Crippen LogP contribution in [0.15, 0.2) is 0 Å². The van der Waals surface area contributed by atoms with Gasteiger partial charge < -0.3 is 11.5 Å². The normalized spacial score (nSPS) is 16.1. The largest absolute Gasteiger partial charge is 0.326 e. The van der Waals surface area contributed by atoms with Crippen LogP contribution in [0.1, 0.15) is 34.6 Å². The molecule has 2 nitrogen and oxygen atoms in total. The summed E-state index contributed by atoms with van der Waals surface area (Å²) in [6.45, 7) is 10.5. The van der Waals surface area contributed by atoms with E-state index in [1.807, 2.05) is 6.92 Å². The van der Waals surface area contributed by atoms with Crippen LogP contribution in [0.25, 0.3) is 0 Å². The standard InChI is InChI=1S/C9H22N2/c1-6(2)9(11,7(3)4)8(5)10/h6-8H,10-11H2,1-5H3. The SMILES string of the molecule is CC(C)C(N)(C(C)C)C(C)N. The summed E-state index contributed by atoms with van der Waals surface area (Å²) < 4.78 is 0. The van der Waals surface area contributed by atoms with Gasteiger partial charge in [0, 0.05) is 11.6 Å². The highest BCUT2D eigenvalue weighted by Gasteiger charge is 2.36. The molecule has 0 aromatic rings. The van der Waals surface area contributed by atoms with Crippen LogP contribution in [0, 0.1) is 11.8 Å². The summed E-state index contributed by atoms with van der Waals surface area (Å²) in [4.78, 5) is 0. The molecule has 0 aliphatic rings. The second-order valence-electron chi connectivity index (χ2n) is 4.10. The molecule has 0 aliphatic carbocycles. The molecule has 0 bridgehead atoms. The van der Waals surface area contributed by atoms with Crippen LogP contribution in [0.4, 0.5) is 0 Å². The molecule has 0 aromatic heterocycles. The zero-order chi connectivity index (χ0) is 9.23. The maximum absolute atomic E-state index is 6.20. The van der Waals surface area contributed by atoms with Crippen LogP contribution in [0.2, 0.25) is 0 Å². The summed E-state index contributed by atoms with van der Waals surface area (Å²) >= 11 is 0. The van der Waals surface area contributed by atoms with Gasteiger partial charge in [-0.3, -0.25) is 0 Å². The van der Waals surface area contributed by atoms with Gasteiger partial charge in [0.1, 0.15) is 0 Å².